The minimum Gasteiger partial charge on any atom is -0.444 e. The molecular weight excluding hydrogens is 500 g/mol. The lowest BCUT2D eigenvalue weighted by molar-refractivity contribution is -0.144. The average Bonchev–Trinajstić information content (AvgIpc) is 3.71. The molecule has 218 valence electrons. The molecule has 3 aliphatic carbocycles. The number of nitrogens with zero attached hydrogens (tertiary/aromatic N) is 1. The third-order valence-electron chi connectivity index (χ3n) is 9.26. The molecule has 1 saturated heterocycles. The third kappa shape index (κ3) is 6.74. The van der Waals surface area contributed by atoms with Gasteiger partial charge in [-0.1, -0.05) is 46.0 Å². The van der Waals surface area contributed by atoms with E-state index in [0.717, 1.165) is 51.4 Å². The Morgan fingerprint density at radius 3 is 2.21 bits per heavy atom. The van der Waals surface area contributed by atoms with E-state index in [1.807, 2.05) is 0 Å². The second-order valence-electron chi connectivity index (χ2n) is 13.7. The van der Waals surface area contributed by atoms with E-state index in [0.29, 0.717) is 18.9 Å². The number of fused-ring (bicyclic) bond motifs is 1. The first kappa shape index (κ1) is 29.3. The number of amides is 4. The van der Waals surface area contributed by atoms with Crippen LogP contribution in [-0.4, -0.2) is 64.8 Å². The first-order valence-electron chi connectivity index (χ1n) is 14.6. The highest BCUT2D eigenvalue weighted by atomic mass is 16.6. The zero-order chi connectivity index (χ0) is 28.7. The second-order valence-corrected chi connectivity index (χ2v) is 13.7. The summed E-state index contributed by atoms with van der Waals surface area (Å²) in [5.41, 5.74) is 4.45. The van der Waals surface area contributed by atoms with E-state index in [4.69, 9.17) is 10.5 Å². The molecule has 0 aromatic rings. The van der Waals surface area contributed by atoms with E-state index >= 15 is 0 Å². The Labute approximate surface area is 231 Å². The van der Waals surface area contributed by atoms with Crippen LogP contribution in [0.5, 0.6) is 0 Å². The van der Waals surface area contributed by atoms with Gasteiger partial charge in [0.05, 0.1) is 6.04 Å². The number of ether oxygens (including phenoxy) is 1. The number of nitrogens with two attached hydrogens (primary N) is 1. The molecule has 0 aromatic heterocycles. The maximum absolute atomic E-state index is 14.1. The summed E-state index contributed by atoms with van der Waals surface area (Å²) in [4.78, 5) is 66.6. The number of nitrogens with one attached hydrogen (secondary N) is 2. The number of hydrogen-bond acceptors (Lipinski definition) is 6. The number of Topliss-reactive ketones (excluding diaryl/α,β-unsaturated/α-hetero) is 1. The van der Waals surface area contributed by atoms with E-state index in [9.17, 15) is 24.0 Å². The Hall–Kier alpha value is -2.65. The van der Waals surface area contributed by atoms with Crippen LogP contribution in [0.15, 0.2) is 0 Å². The van der Waals surface area contributed by atoms with Crippen LogP contribution in [0.3, 0.4) is 0 Å². The number of alkyl carbamates (subject to hydrolysis) is 1. The van der Waals surface area contributed by atoms with Crippen molar-refractivity contribution >= 4 is 29.6 Å². The minimum absolute atomic E-state index is 0.0462. The van der Waals surface area contributed by atoms with Gasteiger partial charge in [-0.25, -0.2) is 4.79 Å². The van der Waals surface area contributed by atoms with Gasteiger partial charge in [-0.15, -0.1) is 0 Å². The molecule has 4 amide bonds. The maximum atomic E-state index is 14.1. The lowest BCUT2D eigenvalue weighted by Gasteiger charge is -2.37. The van der Waals surface area contributed by atoms with Gasteiger partial charge in [0.1, 0.15) is 17.7 Å². The van der Waals surface area contributed by atoms with Gasteiger partial charge < -0.3 is 26.0 Å². The third-order valence-corrected chi connectivity index (χ3v) is 9.26. The van der Waals surface area contributed by atoms with Crippen LogP contribution in [0, 0.1) is 29.1 Å². The maximum Gasteiger partial charge on any atom is 0.408 e. The number of hydrogen-bond donors (Lipinski definition) is 3. The summed E-state index contributed by atoms with van der Waals surface area (Å²) in [6.45, 7) is 9.89. The Kier molecular flexibility index (Phi) is 8.34. The highest BCUT2D eigenvalue weighted by Crippen LogP contribution is 2.65. The smallest absolute Gasteiger partial charge is 0.408 e. The summed E-state index contributed by atoms with van der Waals surface area (Å²) in [6.07, 6.45) is 7.27. The van der Waals surface area contributed by atoms with Crippen LogP contribution >= 0.6 is 0 Å². The quantitative estimate of drug-likeness (QED) is 0.359. The summed E-state index contributed by atoms with van der Waals surface area (Å²) in [5, 5.41) is 5.64. The number of primary amides is 1. The molecule has 0 spiro atoms. The molecule has 3 saturated carbocycles. The molecule has 1 heterocycles. The van der Waals surface area contributed by atoms with Crippen LogP contribution in [0.25, 0.3) is 0 Å². The highest BCUT2D eigenvalue weighted by Gasteiger charge is 2.69. The van der Waals surface area contributed by atoms with Crippen molar-refractivity contribution in [2.75, 3.05) is 6.54 Å². The monoisotopic (exact) mass is 546 g/mol. The molecule has 4 aliphatic rings. The summed E-state index contributed by atoms with van der Waals surface area (Å²) >= 11 is 0. The van der Waals surface area contributed by atoms with E-state index < -0.39 is 47.4 Å². The lowest BCUT2D eigenvalue weighted by atomic mass is 9.83. The van der Waals surface area contributed by atoms with E-state index in [1.165, 1.54) is 0 Å². The molecule has 4 fully saturated rings. The van der Waals surface area contributed by atoms with E-state index in [1.54, 1.807) is 25.7 Å². The molecule has 0 aromatic carbocycles. The van der Waals surface area contributed by atoms with Crippen molar-refractivity contribution in [3.05, 3.63) is 0 Å². The summed E-state index contributed by atoms with van der Waals surface area (Å²) < 4.78 is 5.48. The molecule has 4 N–H and O–H groups in total. The summed E-state index contributed by atoms with van der Waals surface area (Å²) in [6, 6.07) is -2.58. The zero-order valence-corrected chi connectivity index (χ0v) is 24.1. The van der Waals surface area contributed by atoms with Gasteiger partial charge in [0.25, 0.3) is 5.91 Å². The first-order valence-corrected chi connectivity index (χ1v) is 14.6. The number of ketones is 1. The highest BCUT2D eigenvalue weighted by molar-refractivity contribution is 6.37. The standard InChI is InChI=1S/C29H46N4O6/c1-28(2,3)39-27(38)32-21(17-9-7-6-8-10-17)26(37)33-15-18-20(29(18,4)5)22(33)25(36)31-19(23(34)24(30)35)14-13-16-11-12-16/h16-22H,6-15H2,1-5H3,(H2,30,35)(H,31,36)(H,32,38)/t18-,19?,20-,21-,22-/m0/s1. The van der Waals surface area contributed by atoms with Crippen molar-refractivity contribution in [3.63, 3.8) is 0 Å². The Morgan fingerprint density at radius 2 is 1.64 bits per heavy atom. The summed E-state index contributed by atoms with van der Waals surface area (Å²) in [5.74, 6) is -2.06. The predicted octanol–water partition coefficient (Wildman–Crippen LogP) is 2.67. The summed E-state index contributed by atoms with van der Waals surface area (Å²) in [7, 11) is 0. The molecule has 0 radical (unpaired) electrons. The molecule has 10 heteroatoms. The van der Waals surface area contributed by atoms with Crippen LogP contribution < -0.4 is 16.4 Å². The lowest BCUT2D eigenvalue weighted by Crippen LogP contribution is -2.59. The fourth-order valence-electron chi connectivity index (χ4n) is 6.78. The van der Waals surface area contributed by atoms with Crippen molar-refractivity contribution in [3.8, 4) is 0 Å². The fourth-order valence-corrected chi connectivity index (χ4v) is 6.78. The van der Waals surface area contributed by atoms with Crippen LogP contribution in [0.2, 0.25) is 0 Å². The molecule has 10 nitrogen and oxygen atoms in total. The largest absolute Gasteiger partial charge is 0.444 e. The molecule has 1 unspecified atom stereocenters. The van der Waals surface area contributed by atoms with Crippen molar-refractivity contribution in [2.24, 2.45) is 34.8 Å². The normalized spacial score (nSPS) is 27.6. The molecular formula is C29H46N4O6. The van der Waals surface area contributed by atoms with E-state index in [2.05, 4.69) is 24.5 Å². The second kappa shape index (κ2) is 11.1. The van der Waals surface area contributed by atoms with Crippen molar-refractivity contribution in [1.82, 2.24) is 15.5 Å². The first-order chi connectivity index (χ1) is 18.2. The number of carbonyl (C=O) groups is 5. The number of rotatable bonds is 10. The number of likely N-dealkylation sites (tertiary alicyclic amines) is 1. The zero-order valence-electron chi connectivity index (χ0n) is 24.1. The molecule has 4 rings (SSSR count). The van der Waals surface area contributed by atoms with Crippen molar-refractivity contribution in [1.29, 1.82) is 0 Å². The fraction of sp³-hybridized carbons (Fsp3) is 0.828. The number of piperidine rings is 1. The van der Waals surface area contributed by atoms with Gasteiger partial charge in [0.2, 0.25) is 17.6 Å². The SMILES string of the molecule is CC(C)(C)OC(=O)N[C@H](C(=O)N1C[C@H]2[C@@H]([C@H]1C(=O)NC(CCC1CC1)C(=O)C(N)=O)C2(C)C)C1CCCCC1. The predicted molar refractivity (Wildman–Crippen MR) is 144 cm³/mol. The van der Waals surface area contributed by atoms with Gasteiger partial charge >= 0.3 is 6.09 Å². The molecule has 5 atom stereocenters. The Balaban J connectivity index is 1.54. The molecule has 1 aliphatic heterocycles. The van der Waals surface area contributed by atoms with Crippen molar-refractivity contribution in [2.45, 2.75) is 116 Å². The van der Waals surface area contributed by atoms with Gasteiger partial charge in [0, 0.05) is 6.54 Å². The van der Waals surface area contributed by atoms with Gasteiger partial charge in [-0.05, 0) is 75.5 Å². The van der Waals surface area contributed by atoms with E-state index in [-0.39, 0.29) is 29.1 Å². The average molecular weight is 547 g/mol. The van der Waals surface area contributed by atoms with Crippen LogP contribution in [0.1, 0.15) is 92.4 Å². The minimum atomic E-state index is -1.07. The Bertz CT molecular complexity index is 994. The van der Waals surface area contributed by atoms with Crippen LogP contribution in [0.4, 0.5) is 4.79 Å². The molecule has 39 heavy (non-hydrogen) atoms. The van der Waals surface area contributed by atoms with Crippen LogP contribution in [-0.2, 0) is 23.9 Å². The Morgan fingerprint density at radius 1 is 1.00 bits per heavy atom. The molecule has 0 bridgehead atoms. The van der Waals surface area contributed by atoms with Gasteiger partial charge in [-0.3, -0.25) is 19.2 Å². The van der Waals surface area contributed by atoms with Gasteiger partial charge in [0.15, 0.2) is 0 Å². The van der Waals surface area contributed by atoms with Crippen molar-refractivity contribution < 1.29 is 28.7 Å². The number of carbonyl (C=O) groups excluding carboxylic acids is 5. The van der Waals surface area contributed by atoms with Gasteiger partial charge in [-0.2, -0.15) is 0 Å². The topological polar surface area (TPSA) is 148 Å².